The molecular weight excluding hydrogens is 428 g/mol. The Hall–Kier alpha value is -3.91. The molecule has 8 nitrogen and oxygen atoms in total. The van der Waals surface area contributed by atoms with E-state index in [0.717, 1.165) is 5.56 Å². The standard InChI is InChI=1S/C23H21ClN6O2/c1-3-18-14(2)25-22(28-21(18)31)30-20(13-19(29-30)15-7-5-4-6-8-15)27-23(32)26-17-11-9-16(24)10-12-17/h4-13H,3H2,1-2H3,(H,25,28,31)(H2,26,27,32). The maximum absolute atomic E-state index is 12.6. The largest absolute Gasteiger partial charge is 0.324 e. The molecule has 0 fully saturated rings. The van der Waals surface area contributed by atoms with E-state index in [1.54, 1.807) is 37.3 Å². The SMILES string of the molecule is CCc1c(C)nc(-n2nc(-c3ccccc3)cc2NC(=O)Nc2ccc(Cl)cc2)[nH]c1=O. The normalized spacial score (nSPS) is 10.7. The average Bonchev–Trinajstić information content (AvgIpc) is 3.19. The van der Waals surface area contributed by atoms with Crippen LogP contribution in [0.4, 0.5) is 16.3 Å². The highest BCUT2D eigenvalue weighted by molar-refractivity contribution is 6.30. The summed E-state index contributed by atoms with van der Waals surface area (Å²) in [4.78, 5) is 32.4. The molecule has 0 aliphatic rings. The first-order valence-electron chi connectivity index (χ1n) is 10.0. The van der Waals surface area contributed by atoms with Crippen molar-refractivity contribution in [2.24, 2.45) is 0 Å². The van der Waals surface area contributed by atoms with E-state index in [4.69, 9.17) is 11.6 Å². The summed E-state index contributed by atoms with van der Waals surface area (Å²) in [6.07, 6.45) is 0.567. The van der Waals surface area contributed by atoms with Gasteiger partial charge in [0.2, 0.25) is 5.95 Å². The van der Waals surface area contributed by atoms with Crippen molar-refractivity contribution in [1.82, 2.24) is 19.7 Å². The van der Waals surface area contributed by atoms with Crippen LogP contribution in [0.15, 0.2) is 65.5 Å². The molecule has 0 aliphatic heterocycles. The van der Waals surface area contributed by atoms with E-state index >= 15 is 0 Å². The highest BCUT2D eigenvalue weighted by Gasteiger charge is 2.17. The number of nitrogens with zero attached hydrogens (tertiary/aromatic N) is 3. The number of hydrogen-bond donors (Lipinski definition) is 3. The Bertz CT molecular complexity index is 1310. The molecular formula is C23H21ClN6O2. The zero-order chi connectivity index (χ0) is 22.7. The Morgan fingerprint density at radius 3 is 2.47 bits per heavy atom. The number of aryl methyl sites for hydroxylation is 1. The maximum atomic E-state index is 12.6. The summed E-state index contributed by atoms with van der Waals surface area (Å²) in [6.45, 7) is 3.67. The minimum absolute atomic E-state index is 0.216. The maximum Gasteiger partial charge on any atom is 0.324 e. The smallest absolute Gasteiger partial charge is 0.308 e. The molecule has 3 N–H and O–H groups in total. The first kappa shape index (κ1) is 21.3. The van der Waals surface area contributed by atoms with E-state index in [1.807, 2.05) is 37.3 Å². The fourth-order valence-electron chi connectivity index (χ4n) is 3.31. The van der Waals surface area contributed by atoms with Crippen LogP contribution in [0.5, 0.6) is 0 Å². The topological polar surface area (TPSA) is 105 Å². The lowest BCUT2D eigenvalue weighted by Gasteiger charge is -2.10. The zero-order valence-electron chi connectivity index (χ0n) is 17.5. The lowest BCUT2D eigenvalue weighted by molar-refractivity contribution is 0.262. The van der Waals surface area contributed by atoms with Crippen LogP contribution in [0, 0.1) is 6.92 Å². The van der Waals surface area contributed by atoms with E-state index in [2.05, 4.69) is 25.7 Å². The second-order valence-corrected chi connectivity index (χ2v) is 7.52. The van der Waals surface area contributed by atoms with Gasteiger partial charge in [-0.25, -0.2) is 9.78 Å². The van der Waals surface area contributed by atoms with Crippen molar-refractivity contribution in [2.75, 3.05) is 10.6 Å². The lowest BCUT2D eigenvalue weighted by atomic mass is 10.2. The number of carbonyl (C=O) groups is 1. The van der Waals surface area contributed by atoms with Gasteiger partial charge in [-0.2, -0.15) is 9.78 Å². The predicted octanol–water partition coefficient (Wildman–Crippen LogP) is 4.79. The minimum atomic E-state index is -0.475. The molecule has 162 valence electrons. The summed E-state index contributed by atoms with van der Waals surface area (Å²) in [5.74, 6) is 0.566. The summed E-state index contributed by atoms with van der Waals surface area (Å²) in [5.41, 5.74) is 3.04. The molecule has 32 heavy (non-hydrogen) atoms. The van der Waals surface area contributed by atoms with Gasteiger partial charge in [-0.3, -0.25) is 15.1 Å². The second kappa shape index (κ2) is 9.07. The van der Waals surface area contributed by atoms with Crippen LogP contribution in [0.3, 0.4) is 0 Å². The van der Waals surface area contributed by atoms with E-state index < -0.39 is 6.03 Å². The number of hydrogen-bond acceptors (Lipinski definition) is 4. The van der Waals surface area contributed by atoms with Crippen molar-refractivity contribution in [2.45, 2.75) is 20.3 Å². The number of aromatic nitrogens is 4. The van der Waals surface area contributed by atoms with Crippen molar-refractivity contribution in [3.05, 3.63) is 87.3 Å². The van der Waals surface area contributed by atoms with E-state index in [-0.39, 0.29) is 11.5 Å². The fourth-order valence-corrected chi connectivity index (χ4v) is 3.43. The number of benzene rings is 2. The highest BCUT2D eigenvalue weighted by atomic mass is 35.5. The third-order valence-corrected chi connectivity index (χ3v) is 5.14. The Balaban J connectivity index is 1.72. The van der Waals surface area contributed by atoms with Gasteiger partial charge >= 0.3 is 6.03 Å². The number of rotatable bonds is 5. The molecule has 0 unspecified atom stereocenters. The summed E-state index contributed by atoms with van der Waals surface area (Å²) < 4.78 is 1.41. The van der Waals surface area contributed by atoms with E-state index in [0.29, 0.717) is 39.9 Å². The number of halogens is 1. The molecule has 0 saturated heterocycles. The van der Waals surface area contributed by atoms with Crippen LogP contribution in [0.1, 0.15) is 18.2 Å². The van der Waals surface area contributed by atoms with Crippen LogP contribution in [0.25, 0.3) is 17.2 Å². The Morgan fingerprint density at radius 1 is 1.09 bits per heavy atom. The van der Waals surface area contributed by atoms with Gasteiger partial charge < -0.3 is 5.32 Å². The van der Waals surface area contributed by atoms with Crippen LogP contribution in [-0.2, 0) is 6.42 Å². The Kier molecular flexibility index (Phi) is 6.04. The molecule has 2 heterocycles. The molecule has 0 bridgehead atoms. The second-order valence-electron chi connectivity index (χ2n) is 7.09. The molecule has 0 radical (unpaired) electrons. The summed E-state index contributed by atoms with van der Waals surface area (Å²) >= 11 is 5.90. The van der Waals surface area contributed by atoms with E-state index in [1.165, 1.54) is 4.68 Å². The number of nitrogens with one attached hydrogen (secondary N) is 3. The molecule has 0 aliphatic carbocycles. The molecule has 0 saturated carbocycles. The lowest BCUT2D eigenvalue weighted by Crippen LogP contribution is -2.24. The van der Waals surface area contributed by atoms with Crippen molar-refractivity contribution in [1.29, 1.82) is 0 Å². The van der Waals surface area contributed by atoms with Crippen molar-refractivity contribution in [3.8, 4) is 17.2 Å². The zero-order valence-corrected chi connectivity index (χ0v) is 18.3. The monoisotopic (exact) mass is 448 g/mol. The summed E-state index contributed by atoms with van der Waals surface area (Å²) in [5, 5.41) is 10.7. The van der Waals surface area contributed by atoms with Crippen molar-refractivity contribution in [3.63, 3.8) is 0 Å². The van der Waals surface area contributed by atoms with Gasteiger partial charge in [0.15, 0.2) is 0 Å². The van der Waals surface area contributed by atoms with Gasteiger partial charge in [-0.1, -0.05) is 48.9 Å². The third kappa shape index (κ3) is 4.55. The molecule has 4 aromatic rings. The van der Waals surface area contributed by atoms with E-state index in [9.17, 15) is 9.59 Å². The number of aromatic amines is 1. The number of amides is 2. The fraction of sp³-hybridized carbons (Fsp3) is 0.130. The number of H-pyrrole nitrogens is 1. The van der Waals surface area contributed by atoms with Gasteiger partial charge in [-0.15, -0.1) is 0 Å². The van der Waals surface area contributed by atoms with Crippen LogP contribution in [0.2, 0.25) is 5.02 Å². The van der Waals surface area contributed by atoms with Gasteiger partial charge in [0.05, 0.1) is 5.69 Å². The first-order chi connectivity index (χ1) is 15.4. The highest BCUT2D eigenvalue weighted by Crippen LogP contribution is 2.24. The molecule has 0 atom stereocenters. The third-order valence-electron chi connectivity index (χ3n) is 4.89. The number of anilines is 2. The van der Waals surface area contributed by atoms with Gasteiger partial charge in [0.25, 0.3) is 5.56 Å². The van der Waals surface area contributed by atoms with Crippen LogP contribution < -0.4 is 16.2 Å². The van der Waals surface area contributed by atoms with Crippen LogP contribution >= 0.6 is 11.6 Å². The number of carbonyl (C=O) groups excluding carboxylic acids is 1. The van der Waals surface area contributed by atoms with Gasteiger partial charge in [-0.05, 0) is 37.6 Å². The first-order valence-corrected chi connectivity index (χ1v) is 10.4. The quantitative estimate of drug-likeness (QED) is 0.408. The summed E-state index contributed by atoms with van der Waals surface area (Å²) in [7, 11) is 0. The van der Waals surface area contributed by atoms with Gasteiger partial charge in [0.1, 0.15) is 5.82 Å². The van der Waals surface area contributed by atoms with Crippen molar-refractivity contribution < 1.29 is 4.79 Å². The molecule has 9 heteroatoms. The number of urea groups is 1. The predicted molar refractivity (Wildman–Crippen MR) is 126 cm³/mol. The average molecular weight is 449 g/mol. The summed E-state index contributed by atoms with van der Waals surface area (Å²) in [6, 6.07) is 17.5. The molecule has 2 aromatic heterocycles. The molecule has 4 rings (SSSR count). The van der Waals surface area contributed by atoms with Crippen molar-refractivity contribution >= 4 is 29.1 Å². The molecule has 0 spiro atoms. The molecule has 2 amide bonds. The minimum Gasteiger partial charge on any atom is -0.308 e. The Labute approximate surface area is 189 Å². The molecule has 2 aromatic carbocycles. The Morgan fingerprint density at radius 2 is 1.81 bits per heavy atom. The van der Waals surface area contributed by atoms with Gasteiger partial charge in [0, 0.05) is 33.6 Å². The van der Waals surface area contributed by atoms with Crippen LogP contribution in [-0.4, -0.2) is 25.8 Å².